The van der Waals surface area contributed by atoms with Gasteiger partial charge in [0.05, 0.1) is 37.4 Å². The normalized spacial score (nSPS) is 16.6. The van der Waals surface area contributed by atoms with E-state index >= 15 is 0 Å². The predicted octanol–water partition coefficient (Wildman–Crippen LogP) is -7.21. The fourth-order valence-electron chi connectivity index (χ4n) is 11.2. The van der Waals surface area contributed by atoms with Crippen LogP contribution in [-0.4, -0.2) is 251 Å². The Morgan fingerprint density at radius 1 is 0.473 bits per heavy atom. The monoisotopic (exact) mass is 1560 g/mol. The van der Waals surface area contributed by atoms with Crippen LogP contribution >= 0.6 is 0 Å². The van der Waals surface area contributed by atoms with E-state index in [1.165, 1.54) is 27.0 Å². The quantitative estimate of drug-likeness (QED) is 0.0274. The van der Waals surface area contributed by atoms with Gasteiger partial charge in [0, 0.05) is 44.0 Å². The summed E-state index contributed by atoms with van der Waals surface area (Å²) in [5, 5.41) is 91.9. The molecular weight excluding hydrogens is 1450 g/mol. The third-order valence-corrected chi connectivity index (χ3v) is 17.6. The number of carboxylic acid groups (broad SMARTS) is 4. The first-order valence-corrected chi connectivity index (χ1v) is 35.7. The Bertz CT molecular complexity index is 3520. The summed E-state index contributed by atoms with van der Waals surface area (Å²) in [5.74, 6) is -24.1. The summed E-state index contributed by atoms with van der Waals surface area (Å²) < 4.78 is 0. The number of hydrogen-bond donors (Lipinski definition) is 23. The lowest BCUT2D eigenvalue weighted by atomic mass is 9.96. The average molecular weight is 1560 g/mol. The van der Waals surface area contributed by atoms with Crippen molar-refractivity contribution in [2.75, 3.05) is 13.1 Å². The summed E-state index contributed by atoms with van der Waals surface area (Å²) >= 11 is 0. The number of imidazole rings is 1. The topological polar surface area (TPSA) is 692 Å². The number of carbonyl (C=O) groups excluding carboxylic acids is 14. The van der Waals surface area contributed by atoms with E-state index in [2.05, 4.69) is 79.1 Å². The van der Waals surface area contributed by atoms with Crippen molar-refractivity contribution in [3.63, 3.8) is 0 Å². The van der Waals surface area contributed by atoms with Crippen molar-refractivity contribution in [3.05, 3.63) is 54.1 Å². The Morgan fingerprint density at radius 2 is 0.873 bits per heavy atom. The number of nitrogens with zero attached hydrogens (tertiary/aromatic N) is 1. The van der Waals surface area contributed by atoms with Crippen LogP contribution in [0.15, 0.2) is 42.9 Å². The minimum atomic E-state index is -2.26. The minimum Gasteiger partial charge on any atom is -0.481 e. The zero-order valence-electron chi connectivity index (χ0n) is 61.8. The van der Waals surface area contributed by atoms with Gasteiger partial charge in [-0.2, -0.15) is 0 Å². The fourth-order valence-corrected chi connectivity index (χ4v) is 11.2. The lowest BCUT2D eigenvalue weighted by molar-refractivity contribution is -0.144. The maximum atomic E-state index is 14.5. The highest BCUT2D eigenvalue weighted by atomic mass is 16.4. The van der Waals surface area contributed by atoms with E-state index in [9.17, 15) is 117 Å². The van der Waals surface area contributed by atoms with Gasteiger partial charge in [0.15, 0.2) is 0 Å². The van der Waals surface area contributed by atoms with Crippen molar-refractivity contribution in [3.8, 4) is 0 Å². The van der Waals surface area contributed by atoms with Crippen LogP contribution in [0.25, 0.3) is 0 Å². The van der Waals surface area contributed by atoms with Crippen molar-refractivity contribution in [2.45, 2.75) is 235 Å². The van der Waals surface area contributed by atoms with Crippen LogP contribution in [0, 0.1) is 11.8 Å². The largest absolute Gasteiger partial charge is 0.481 e. The number of aromatic amines is 1. The fraction of sp³-hybridized carbons (Fsp3) is 0.603. The first kappa shape index (κ1) is 92.9. The number of amides is 14. The molecule has 0 unspecified atom stereocenters. The third-order valence-electron chi connectivity index (χ3n) is 17.6. The van der Waals surface area contributed by atoms with E-state index in [-0.39, 0.29) is 37.9 Å². The molecule has 1 aromatic heterocycles. The average Bonchev–Trinajstić information content (AvgIpc) is 0.908. The van der Waals surface area contributed by atoms with Crippen molar-refractivity contribution < 1.29 is 117 Å². The number of aliphatic hydroxyl groups excluding tert-OH is 2. The van der Waals surface area contributed by atoms with E-state index < -0.39 is 267 Å². The second-order valence-electron chi connectivity index (χ2n) is 26.9. The number of H-pyrrole nitrogens is 1. The zero-order valence-corrected chi connectivity index (χ0v) is 61.8. The number of carboxylic acids is 4. The number of hydrogen-bond acceptors (Lipinski definition) is 23. The van der Waals surface area contributed by atoms with Crippen LogP contribution in [0.5, 0.6) is 0 Å². The molecule has 42 heteroatoms. The molecule has 1 saturated heterocycles. The van der Waals surface area contributed by atoms with Crippen LogP contribution in [0.2, 0.25) is 0 Å². The third kappa shape index (κ3) is 32.7. The molecule has 110 heavy (non-hydrogen) atoms. The molecule has 2 aromatic rings. The van der Waals surface area contributed by atoms with Gasteiger partial charge in [-0.25, -0.2) is 9.78 Å². The first-order valence-electron chi connectivity index (χ1n) is 35.7. The first-order chi connectivity index (χ1) is 51.8. The highest BCUT2D eigenvalue weighted by Crippen LogP contribution is 2.16. The smallest absolute Gasteiger partial charge is 0.326 e. The Labute approximate surface area is 631 Å². The van der Waals surface area contributed by atoms with Crippen LogP contribution in [0.4, 0.5) is 0 Å². The van der Waals surface area contributed by atoms with Crippen LogP contribution < -0.4 is 86.3 Å². The van der Waals surface area contributed by atoms with Gasteiger partial charge in [-0.15, -0.1) is 0 Å². The van der Waals surface area contributed by atoms with Gasteiger partial charge in [-0.1, -0.05) is 64.4 Å². The van der Waals surface area contributed by atoms with E-state index in [1.54, 1.807) is 37.3 Å². The van der Waals surface area contributed by atoms with Crippen molar-refractivity contribution >= 4 is 107 Å². The lowest BCUT2D eigenvalue weighted by Gasteiger charge is -2.30. The molecule has 0 spiro atoms. The Kier molecular flexibility index (Phi) is 39.6. The second-order valence-corrected chi connectivity index (χ2v) is 26.9. The number of aromatic nitrogens is 2. The molecule has 26 N–H and O–H groups in total. The molecule has 1 aliphatic rings. The number of nitrogens with two attached hydrogens (primary N) is 3. The summed E-state index contributed by atoms with van der Waals surface area (Å²) in [6, 6.07) is -14.2. The van der Waals surface area contributed by atoms with Gasteiger partial charge < -0.3 is 122 Å². The van der Waals surface area contributed by atoms with Crippen molar-refractivity contribution in [1.29, 1.82) is 0 Å². The number of rotatable bonds is 51. The predicted molar refractivity (Wildman–Crippen MR) is 383 cm³/mol. The number of carbonyl (C=O) groups is 18. The SMILES string of the molecule is CC[C@H](C)[C@H](NC(=O)[C@H](CCC(N)=O)NC(=O)[C@@H](NC(=O)[C@H](Cc1cnc[nH]1)NC(=O)[C@H](CCC(N)=O)NC(=O)[C@H](CC(=O)O)NC(=O)[C@H](CCC(=O)O)NC(=O)[C@H](CC(=O)O)NC(=O)[C@H](Cc1ccccc1)NC(=O)[C@@H]1CCCN1)[C@@H](C)O)C(=O)N[C@H](C(=O)N[C@@H](CCCCN)C(=O)N[C@H](C(=O)O)C(C)C)[C@@H](C)O. The molecule has 3 rings (SSSR count). The molecule has 0 aliphatic carbocycles. The minimum absolute atomic E-state index is 0.0482. The molecule has 16 atom stereocenters. The van der Waals surface area contributed by atoms with E-state index in [4.69, 9.17) is 17.2 Å². The molecule has 1 aromatic carbocycles. The van der Waals surface area contributed by atoms with Gasteiger partial charge in [0.2, 0.25) is 82.7 Å². The molecule has 42 nitrogen and oxygen atoms in total. The summed E-state index contributed by atoms with van der Waals surface area (Å²) in [7, 11) is 0. The Morgan fingerprint density at radius 3 is 1.29 bits per heavy atom. The van der Waals surface area contributed by atoms with E-state index in [0.717, 1.165) is 20.2 Å². The summed E-state index contributed by atoms with van der Waals surface area (Å²) in [6.07, 6.45) is -6.96. The van der Waals surface area contributed by atoms with Gasteiger partial charge in [-0.3, -0.25) is 81.5 Å². The molecular formula is C68H104N18O24. The number of unbranched alkanes of at least 4 members (excludes halogenated alkanes) is 1. The maximum absolute atomic E-state index is 14.5. The van der Waals surface area contributed by atoms with Crippen LogP contribution in [-0.2, 0) is 99.1 Å². The number of nitrogens with one attached hydrogen (secondary N) is 14. The number of primary amides is 2. The van der Waals surface area contributed by atoms with Crippen LogP contribution in [0.3, 0.4) is 0 Å². The molecule has 0 saturated carbocycles. The Balaban J connectivity index is 1.96. The van der Waals surface area contributed by atoms with Crippen molar-refractivity contribution in [2.24, 2.45) is 29.0 Å². The summed E-state index contributed by atoms with van der Waals surface area (Å²) in [6.45, 7) is 9.04. The van der Waals surface area contributed by atoms with E-state index in [0.29, 0.717) is 31.4 Å². The molecule has 0 bridgehead atoms. The molecule has 1 fully saturated rings. The molecule has 14 amide bonds. The van der Waals surface area contributed by atoms with Gasteiger partial charge in [0.1, 0.15) is 72.5 Å². The standard InChI is InChI=1S/C68H104N18O24/c1-7-33(4)53(65(106)86-55(35(6)88)67(108)77-39(16-11-12-24-69)59(100)83-52(32(2)3)68(109)110)84-60(101)41(19-22-48(71)90)78-66(107)54(34(5)87)85-64(105)44(27-37-30-72-31-74-37)80-57(98)40(18-21-47(70)89)75-62(103)45(28-50(93)94)81-58(99)42(20-23-49(91)92)76-63(104)46(29-51(95)96)82-61(102)43(26-36-14-9-8-10-15-36)79-56(97)38-17-13-25-73-38/h8-10,14-15,30-35,38-46,52-55,73,87-88H,7,11-13,16-29,69H2,1-6H3,(H2,70,89)(H2,71,90)(H,72,74)(H,75,103)(H,76,104)(H,77,108)(H,78,107)(H,79,97)(H,80,98)(H,81,99)(H,82,102)(H,83,100)(H,84,101)(H,85,105)(H,86,106)(H,91,92)(H,93,94)(H,95,96)(H,109,110)/t33-,34+,35+,38-,39-,40-,41-,42-,43-,44-,45-,46-,52-,53-,54-,55-/m0/s1. The number of aliphatic hydroxyl groups is 2. The second kappa shape index (κ2) is 46.8. The zero-order chi connectivity index (χ0) is 82.6. The van der Waals surface area contributed by atoms with E-state index in [1.807, 2.05) is 0 Å². The number of aliphatic carboxylic acids is 4. The molecule has 1 aliphatic heterocycles. The molecule has 610 valence electrons. The van der Waals surface area contributed by atoms with Crippen LogP contribution in [0.1, 0.15) is 143 Å². The summed E-state index contributed by atoms with van der Waals surface area (Å²) in [5.41, 5.74) is 17.1. The highest BCUT2D eigenvalue weighted by Gasteiger charge is 2.41. The molecule has 2 heterocycles. The maximum Gasteiger partial charge on any atom is 0.326 e. The molecule has 0 radical (unpaired) electrons. The summed E-state index contributed by atoms with van der Waals surface area (Å²) in [4.78, 5) is 248. The number of benzene rings is 1. The van der Waals surface area contributed by atoms with Crippen molar-refractivity contribution in [1.82, 2.24) is 79.1 Å². The highest BCUT2D eigenvalue weighted by molar-refractivity contribution is 6.01. The Hall–Kier alpha value is -11.3. The van der Waals surface area contributed by atoms with Gasteiger partial charge in [0.25, 0.3) is 0 Å². The van der Waals surface area contributed by atoms with Gasteiger partial charge in [-0.05, 0) is 95.7 Å². The van der Waals surface area contributed by atoms with Gasteiger partial charge >= 0.3 is 23.9 Å². The lowest BCUT2D eigenvalue weighted by Crippen LogP contribution is -2.63.